The van der Waals surface area contributed by atoms with E-state index in [9.17, 15) is 9.59 Å². The smallest absolute Gasteiger partial charge is 0.234 e. The normalized spacial score (nSPS) is 18.3. The number of rotatable bonds is 1. The Bertz CT molecular complexity index is 735. The van der Waals surface area contributed by atoms with Gasteiger partial charge in [-0.2, -0.15) is 0 Å². The summed E-state index contributed by atoms with van der Waals surface area (Å²) in [6.45, 7) is 3.89. The van der Waals surface area contributed by atoms with E-state index in [1.54, 1.807) is 12.3 Å². The number of anilines is 1. The number of pyridine rings is 1. The van der Waals surface area contributed by atoms with Crippen LogP contribution in [0.15, 0.2) is 34.9 Å². The van der Waals surface area contributed by atoms with Gasteiger partial charge in [0.15, 0.2) is 0 Å². The van der Waals surface area contributed by atoms with Crippen molar-refractivity contribution < 1.29 is 9.59 Å². The number of nitrogens with zero attached hydrogens (tertiary/aromatic N) is 2. The van der Waals surface area contributed by atoms with E-state index >= 15 is 0 Å². The van der Waals surface area contributed by atoms with Crippen molar-refractivity contribution in [2.75, 3.05) is 4.90 Å². The van der Waals surface area contributed by atoms with E-state index in [0.29, 0.717) is 24.0 Å². The minimum atomic E-state index is -0.272. The molecule has 1 aliphatic heterocycles. The number of aromatic nitrogens is 1. The highest BCUT2D eigenvalue weighted by Gasteiger charge is 2.38. The zero-order valence-corrected chi connectivity index (χ0v) is 13.5. The number of imide groups is 1. The Morgan fingerprint density at radius 3 is 2.52 bits per heavy atom. The predicted octanol–water partition coefficient (Wildman–Crippen LogP) is 3.68. The molecule has 1 aromatic heterocycles. The number of piperidine rings is 1. The van der Waals surface area contributed by atoms with Crippen LogP contribution >= 0.6 is 15.9 Å². The van der Waals surface area contributed by atoms with Gasteiger partial charge in [0, 0.05) is 28.9 Å². The van der Waals surface area contributed by atoms with Gasteiger partial charge in [-0.25, -0.2) is 4.90 Å². The first-order valence-electron chi connectivity index (χ1n) is 6.77. The van der Waals surface area contributed by atoms with Gasteiger partial charge in [0.05, 0.1) is 11.2 Å². The van der Waals surface area contributed by atoms with Gasteiger partial charge in [-0.05, 0) is 33.5 Å². The molecule has 4 nitrogen and oxygen atoms in total. The summed E-state index contributed by atoms with van der Waals surface area (Å²) in [4.78, 5) is 30.5. The van der Waals surface area contributed by atoms with Crippen LogP contribution in [0.5, 0.6) is 0 Å². The lowest BCUT2D eigenvalue weighted by Gasteiger charge is -2.34. The standard InChI is InChI=1S/C16H15BrN2O2/c1-16(2)7-13(20)19(14(21)8-16)12-5-3-4-10-6-11(17)9-18-15(10)12/h3-6,9H,7-8H2,1-2H3. The second-order valence-electron chi connectivity index (χ2n) is 6.14. The highest BCUT2D eigenvalue weighted by Crippen LogP contribution is 2.36. The second-order valence-corrected chi connectivity index (χ2v) is 7.06. The van der Waals surface area contributed by atoms with Crippen molar-refractivity contribution in [3.05, 3.63) is 34.9 Å². The number of carbonyl (C=O) groups is 2. The molecular formula is C16H15BrN2O2. The average Bonchev–Trinajstić information content (AvgIpc) is 2.36. The SMILES string of the molecule is CC1(C)CC(=O)N(c2cccc3cc(Br)cnc23)C(=O)C1. The molecule has 1 aromatic carbocycles. The molecule has 0 unspecified atom stereocenters. The Hall–Kier alpha value is -1.75. The van der Waals surface area contributed by atoms with Gasteiger partial charge in [0.25, 0.3) is 0 Å². The molecule has 2 amide bonds. The Balaban J connectivity index is 2.12. The molecule has 108 valence electrons. The number of hydrogen-bond donors (Lipinski definition) is 0. The molecule has 21 heavy (non-hydrogen) atoms. The fraction of sp³-hybridized carbons (Fsp3) is 0.312. The maximum absolute atomic E-state index is 12.4. The summed E-state index contributed by atoms with van der Waals surface area (Å²) in [5.74, 6) is -0.318. The summed E-state index contributed by atoms with van der Waals surface area (Å²) in [5.41, 5.74) is 0.971. The van der Waals surface area contributed by atoms with Gasteiger partial charge in [0.1, 0.15) is 0 Å². The monoisotopic (exact) mass is 346 g/mol. The maximum Gasteiger partial charge on any atom is 0.234 e. The van der Waals surface area contributed by atoms with Gasteiger partial charge in [-0.1, -0.05) is 26.0 Å². The molecule has 2 aromatic rings. The van der Waals surface area contributed by atoms with Crippen LogP contribution in [0.2, 0.25) is 0 Å². The van der Waals surface area contributed by atoms with Crippen LogP contribution < -0.4 is 4.90 Å². The van der Waals surface area contributed by atoms with Crippen LogP contribution in [0.3, 0.4) is 0 Å². The van der Waals surface area contributed by atoms with Crippen molar-refractivity contribution in [1.29, 1.82) is 0 Å². The van der Waals surface area contributed by atoms with Crippen molar-refractivity contribution in [3.8, 4) is 0 Å². The third-order valence-electron chi connectivity index (χ3n) is 3.66. The average molecular weight is 347 g/mol. The maximum atomic E-state index is 12.4. The van der Waals surface area contributed by atoms with Gasteiger partial charge in [0.2, 0.25) is 11.8 Å². The van der Waals surface area contributed by atoms with E-state index in [0.717, 1.165) is 9.86 Å². The zero-order chi connectivity index (χ0) is 15.2. The lowest BCUT2D eigenvalue weighted by molar-refractivity contribution is -0.132. The van der Waals surface area contributed by atoms with E-state index in [2.05, 4.69) is 20.9 Å². The van der Waals surface area contributed by atoms with Crippen LogP contribution in [0, 0.1) is 5.41 Å². The first-order valence-corrected chi connectivity index (χ1v) is 7.57. The van der Waals surface area contributed by atoms with Crippen LogP contribution in [0.25, 0.3) is 10.9 Å². The van der Waals surface area contributed by atoms with Crippen LogP contribution in [-0.4, -0.2) is 16.8 Å². The molecule has 0 bridgehead atoms. The van der Waals surface area contributed by atoms with Crippen LogP contribution in [0.1, 0.15) is 26.7 Å². The Kier molecular flexibility index (Phi) is 3.32. The lowest BCUT2D eigenvalue weighted by Crippen LogP contribution is -2.46. The Morgan fingerprint density at radius 2 is 1.86 bits per heavy atom. The molecule has 0 saturated carbocycles. The van der Waals surface area contributed by atoms with Gasteiger partial charge >= 0.3 is 0 Å². The van der Waals surface area contributed by atoms with Crippen molar-refractivity contribution in [2.24, 2.45) is 5.41 Å². The number of hydrogen-bond acceptors (Lipinski definition) is 3. The minimum Gasteiger partial charge on any atom is -0.274 e. The molecule has 1 aliphatic rings. The molecule has 0 spiro atoms. The molecule has 0 radical (unpaired) electrons. The highest BCUT2D eigenvalue weighted by atomic mass is 79.9. The molecule has 1 fully saturated rings. The number of carbonyl (C=O) groups excluding carboxylic acids is 2. The number of amides is 2. The van der Waals surface area contributed by atoms with E-state index in [4.69, 9.17) is 0 Å². The number of fused-ring (bicyclic) bond motifs is 1. The first kappa shape index (κ1) is 14.2. The van der Waals surface area contributed by atoms with Gasteiger partial charge < -0.3 is 0 Å². The highest BCUT2D eigenvalue weighted by molar-refractivity contribution is 9.10. The lowest BCUT2D eigenvalue weighted by atomic mass is 9.81. The van der Waals surface area contributed by atoms with Gasteiger partial charge in [-0.15, -0.1) is 0 Å². The third kappa shape index (κ3) is 2.58. The largest absolute Gasteiger partial charge is 0.274 e. The summed E-state index contributed by atoms with van der Waals surface area (Å²) >= 11 is 3.38. The number of benzene rings is 1. The molecule has 1 saturated heterocycles. The summed E-state index contributed by atoms with van der Waals surface area (Å²) in [6.07, 6.45) is 2.41. The molecule has 3 rings (SSSR count). The number of halogens is 1. The predicted molar refractivity (Wildman–Crippen MR) is 85.0 cm³/mol. The fourth-order valence-corrected chi connectivity index (χ4v) is 3.09. The fourth-order valence-electron chi connectivity index (χ4n) is 2.75. The van der Waals surface area contributed by atoms with E-state index in [1.165, 1.54) is 4.90 Å². The van der Waals surface area contributed by atoms with Crippen molar-refractivity contribution >= 4 is 44.3 Å². The third-order valence-corrected chi connectivity index (χ3v) is 4.09. The first-order chi connectivity index (χ1) is 9.87. The van der Waals surface area contributed by atoms with Crippen LogP contribution in [-0.2, 0) is 9.59 Å². The summed E-state index contributed by atoms with van der Waals surface area (Å²) in [5, 5.41) is 0.896. The van der Waals surface area contributed by atoms with E-state index in [1.807, 2.05) is 32.0 Å². The molecule has 0 atom stereocenters. The topological polar surface area (TPSA) is 50.3 Å². The summed E-state index contributed by atoms with van der Waals surface area (Å²) in [7, 11) is 0. The molecule has 0 aliphatic carbocycles. The minimum absolute atomic E-state index is 0.159. The second kappa shape index (κ2) is 4.91. The molecule has 2 heterocycles. The Morgan fingerprint density at radius 1 is 1.19 bits per heavy atom. The van der Waals surface area contributed by atoms with Crippen LogP contribution in [0.4, 0.5) is 5.69 Å². The molecular weight excluding hydrogens is 332 g/mol. The van der Waals surface area contributed by atoms with Gasteiger partial charge in [-0.3, -0.25) is 14.6 Å². The van der Waals surface area contributed by atoms with Crippen molar-refractivity contribution in [3.63, 3.8) is 0 Å². The summed E-state index contributed by atoms with van der Waals surface area (Å²) < 4.78 is 0.865. The zero-order valence-electron chi connectivity index (χ0n) is 11.9. The van der Waals surface area contributed by atoms with E-state index < -0.39 is 0 Å². The van der Waals surface area contributed by atoms with E-state index in [-0.39, 0.29) is 17.2 Å². The Labute approximate surface area is 131 Å². The summed E-state index contributed by atoms with van der Waals surface area (Å²) in [6, 6.07) is 7.46. The quantitative estimate of drug-likeness (QED) is 0.740. The van der Waals surface area contributed by atoms with Crippen molar-refractivity contribution in [2.45, 2.75) is 26.7 Å². The molecule has 5 heteroatoms. The van der Waals surface area contributed by atoms with Crippen molar-refractivity contribution in [1.82, 2.24) is 4.98 Å². The molecule has 0 N–H and O–H groups in total. The number of para-hydroxylation sites is 1.